The van der Waals surface area contributed by atoms with Gasteiger partial charge in [-0.25, -0.2) is 4.79 Å². The van der Waals surface area contributed by atoms with E-state index in [1.54, 1.807) is 25.2 Å². The minimum atomic E-state index is -0.563. The zero-order valence-corrected chi connectivity index (χ0v) is 16.4. The molecule has 2 aromatic rings. The van der Waals surface area contributed by atoms with Gasteiger partial charge >= 0.3 is 5.69 Å². The van der Waals surface area contributed by atoms with Crippen molar-refractivity contribution in [3.05, 3.63) is 56.9 Å². The first-order valence-electron chi connectivity index (χ1n) is 9.65. The van der Waals surface area contributed by atoms with Crippen molar-refractivity contribution >= 4 is 17.7 Å². The molecule has 0 saturated heterocycles. The molecule has 1 saturated carbocycles. The number of benzene rings is 1. The van der Waals surface area contributed by atoms with Crippen molar-refractivity contribution in [2.24, 2.45) is 14.1 Å². The van der Waals surface area contributed by atoms with Crippen LogP contribution in [0.1, 0.15) is 37.7 Å². The number of hydrogen-bond acceptors (Lipinski definition) is 5. The molecular formula is C21H23N3O5. The fourth-order valence-corrected chi connectivity index (χ4v) is 3.77. The van der Waals surface area contributed by atoms with Crippen LogP contribution in [0.4, 0.5) is 5.69 Å². The Hall–Kier alpha value is -3.29. The number of amides is 1. The maximum atomic E-state index is 12.3. The second kappa shape index (κ2) is 7.27. The molecule has 1 fully saturated rings. The predicted molar refractivity (Wildman–Crippen MR) is 108 cm³/mol. The van der Waals surface area contributed by atoms with Gasteiger partial charge in [-0.2, -0.15) is 0 Å². The van der Waals surface area contributed by atoms with Gasteiger partial charge in [0, 0.05) is 51.0 Å². The van der Waals surface area contributed by atoms with E-state index in [2.05, 4.69) is 5.32 Å². The lowest BCUT2D eigenvalue weighted by atomic mass is 9.94. The third kappa shape index (κ3) is 3.70. The van der Waals surface area contributed by atoms with E-state index in [0.29, 0.717) is 17.2 Å². The SMILES string of the molecule is Cn1cc(/C=C/C(=O)Nc2ccc3c(c2)OC2(CCCCC2)O3)c(=O)n(C)c1=O. The van der Waals surface area contributed by atoms with Crippen LogP contribution in [0.15, 0.2) is 40.1 Å². The molecule has 152 valence electrons. The normalized spacial score (nSPS) is 17.0. The minimum absolute atomic E-state index is 0.245. The van der Waals surface area contributed by atoms with Gasteiger partial charge < -0.3 is 19.4 Å². The maximum absolute atomic E-state index is 12.3. The maximum Gasteiger partial charge on any atom is 0.330 e. The van der Waals surface area contributed by atoms with Crippen LogP contribution in [-0.2, 0) is 18.9 Å². The highest BCUT2D eigenvalue weighted by atomic mass is 16.7. The van der Waals surface area contributed by atoms with Crippen molar-refractivity contribution in [3.8, 4) is 11.5 Å². The van der Waals surface area contributed by atoms with Crippen LogP contribution in [0.25, 0.3) is 6.08 Å². The first-order chi connectivity index (χ1) is 13.9. The van der Waals surface area contributed by atoms with Gasteiger partial charge in [0.05, 0.1) is 5.56 Å². The number of aryl methyl sites for hydroxylation is 1. The van der Waals surface area contributed by atoms with Gasteiger partial charge in [-0.05, 0) is 31.1 Å². The predicted octanol–water partition coefficient (Wildman–Crippen LogP) is 2.17. The van der Waals surface area contributed by atoms with Gasteiger partial charge in [-0.3, -0.25) is 14.2 Å². The molecule has 1 aromatic heterocycles. The first kappa shape index (κ1) is 19.0. The monoisotopic (exact) mass is 397 g/mol. The molecule has 2 aliphatic rings. The number of anilines is 1. The zero-order valence-electron chi connectivity index (χ0n) is 16.4. The highest BCUT2D eigenvalue weighted by Crippen LogP contribution is 2.46. The van der Waals surface area contributed by atoms with Crippen LogP contribution in [0.2, 0.25) is 0 Å². The summed E-state index contributed by atoms with van der Waals surface area (Å²) in [5.41, 5.74) is -0.0661. The summed E-state index contributed by atoms with van der Waals surface area (Å²) in [6, 6.07) is 5.29. The molecule has 0 atom stereocenters. The zero-order chi connectivity index (χ0) is 20.6. The Morgan fingerprint density at radius 2 is 1.83 bits per heavy atom. The summed E-state index contributed by atoms with van der Waals surface area (Å²) >= 11 is 0. The molecule has 1 spiro atoms. The molecule has 1 aliphatic carbocycles. The van der Waals surface area contributed by atoms with Gasteiger partial charge in [0.25, 0.3) is 11.3 Å². The molecule has 0 unspecified atom stereocenters. The molecule has 4 rings (SSSR count). The van der Waals surface area contributed by atoms with E-state index in [1.165, 1.54) is 36.4 Å². The number of ether oxygens (including phenoxy) is 2. The lowest BCUT2D eigenvalue weighted by Gasteiger charge is -2.31. The highest BCUT2D eigenvalue weighted by Gasteiger charge is 2.42. The summed E-state index contributed by atoms with van der Waals surface area (Å²) in [5.74, 6) is 0.355. The number of nitrogens with zero attached hydrogens (tertiary/aromatic N) is 2. The number of aromatic nitrogens is 2. The topological polar surface area (TPSA) is 91.6 Å². The Morgan fingerprint density at radius 3 is 2.59 bits per heavy atom. The second-order valence-corrected chi connectivity index (χ2v) is 7.50. The molecule has 0 bridgehead atoms. The minimum Gasteiger partial charge on any atom is -0.448 e. The van der Waals surface area contributed by atoms with Gasteiger partial charge in [0.2, 0.25) is 5.91 Å². The van der Waals surface area contributed by atoms with Gasteiger partial charge in [0.1, 0.15) is 0 Å². The van der Waals surface area contributed by atoms with Gasteiger partial charge in [-0.15, -0.1) is 0 Å². The Morgan fingerprint density at radius 1 is 1.10 bits per heavy atom. The fraction of sp³-hybridized carbons (Fsp3) is 0.381. The van der Waals surface area contributed by atoms with Crippen molar-refractivity contribution in [3.63, 3.8) is 0 Å². The van der Waals surface area contributed by atoms with E-state index in [9.17, 15) is 14.4 Å². The molecule has 1 N–H and O–H groups in total. The van der Waals surface area contributed by atoms with Crippen molar-refractivity contribution < 1.29 is 14.3 Å². The second-order valence-electron chi connectivity index (χ2n) is 7.50. The van der Waals surface area contributed by atoms with Crippen molar-refractivity contribution in [2.45, 2.75) is 37.9 Å². The van der Waals surface area contributed by atoms with E-state index in [4.69, 9.17) is 9.47 Å². The van der Waals surface area contributed by atoms with Crippen LogP contribution in [0.5, 0.6) is 11.5 Å². The Balaban J connectivity index is 1.47. The molecular weight excluding hydrogens is 374 g/mol. The fourth-order valence-electron chi connectivity index (χ4n) is 3.77. The van der Waals surface area contributed by atoms with Gasteiger partial charge in [0.15, 0.2) is 11.5 Å². The average molecular weight is 397 g/mol. The molecule has 0 radical (unpaired) electrons. The number of rotatable bonds is 3. The van der Waals surface area contributed by atoms with Crippen LogP contribution in [-0.4, -0.2) is 20.8 Å². The Labute approximate surface area is 167 Å². The van der Waals surface area contributed by atoms with E-state index in [0.717, 1.165) is 30.3 Å². The lowest BCUT2D eigenvalue weighted by molar-refractivity contribution is -0.111. The van der Waals surface area contributed by atoms with Crippen LogP contribution in [0.3, 0.4) is 0 Å². The van der Waals surface area contributed by atoms with Gasteiger partial charge in [-0.1, -0.05) is 6.42 Å². The van der Waals surface area contributed by atoms with E-state index >= 15 is 0 Å². The molecule has 1 aromatic carbocycles. The summed E-state index contributed by atoms with van der Waals surface area (Å²) in [4.78, 5) is 36.1. The standard InChI is InChI=1S/C21H23N3O5/c1-23-13-14(19(26)24(2)20(23)27)6-9-18(25)22-15-7-8-16-17(12-15)29-21(28-16)10-4-3-5-11-21/h6-9,12-13H,3-5,10-11H2,1-2H3,(H,22,25)/b9-6+. The molecule has 8 heteroatoms. The Kier molecular flexibility index (Phi) is 4.77. The van der Waals surface area contributed by atoms with E-state index in [-0.39, 0.29) is 5.56 Å². The smallest absolute Gasteiger partial charge is 0.330 e. The van der Waals surface area contributed by atoms with E-state index < -0.39 is 22.9 Å². The molecule has 1 amide bonds. The molecule has 29 heavy (non-hydrogen) atoms. The summed E-state index contributed by atoms with van der Waals surface area (Å²) in [5, 5.41) is 2.75. The third-order valence-corrected chi connectivity index (χ3v) is 5.31. The third-order valence-electron chi connectivity index (χ3n) is 5.31. The summed E-state index contributed by atoms with van der Waals surface area (Å²) < 4.78 is 14.4. The van der Waals surface area contributed by atoms with Crippen molar-refractivity contribution in [1.82, 2.24) is 9.13 Å². The molecule has 1 aliphatic heterocycles. The Bertz CT molecular complexity index is 1110. The van der Waals surface area contributed by atoms with Crippen LogP contribution < -0.4 is 26.0 Å². The average Bonchev–Trinajstić information content (AvgIpc) is 3.05. The quantitative estimate of drug-likeness (QED) is 0.802. The van der Waals surface area contributed by atoms with E-state index in [1.807, 2.05) is 0 Å². The number of fused-ring (bicyclic) bond motifs is 1. The molecule has 8 nitrogen and oxygen atoms in total. The van der Waals surface area contributed by atoms with Crippen molar-refractivity contribution in [1.29, 1.82) is 0 Å². The van der Waals surface area contributed by atoms with Crippen LogP contribution in [0, 0.1) is 0 Å². The number of carbonyl (C=O) groups is 1. The summed E-state index contributed by atoms with van der Waals surface area (Å²) in [7, 11) is 2.94. The highest BCUT2D eigenvalue weighted by molar-refractivity contribution is 6.02. The molecule has 2 heterocycles. The van der Waals surface area contributed by atoms with Crippen molar-refractivity contribution in [2.75, 3.05) is 5.32 Å². The lowest BCUT2D eigenvalue weighted by Crippen LogP contribution is -2.40. The largest absolute Gasteiger partial charge is 0.448 e. The number of hydrogen-bond donors (Lipinski definition) is 1. The van der Waals surface area contributed by atoms with Crippen LogP contribution >= 0.6 is 0 Å². The summed E-state index contributed by atoms with van der Waals surface area (Å²) in [6.07, 6.45) is 9.12. The first-order valence-corrected chi connectivity index (χ1v) is 9.65. The number of carbonyl (C=O) groups excluding carboxylic acids is 1. The summed E-state index contributed by atoms with van der Waals surface area (Å²) in [6.45, 7) is 0. The number of nitrogens with one attached hydrogen (secondary N) is 1.